The maximum Gasteiger partial charge on any atom is 0.433 e. The minimum absolute atomic E-state index is 0.0538. The number of rotatable bonds is 3. The molecule has 120 valence electrons. The van der Waals surface area contributed by atoms with E-state index >= 15 is 0 Å². The van der Waals surface area contributed by atoms with Crippen LogP contribution in [0.15, 0.2) is 18.3 Å². The summed E-state index contributed by atoms with van der Waals surface area (Å²) >= 11 is 0. The zero-order chi connectivity index (χ0) is 15.7. The van der Waals surface area contributed by atoms with Gasteiger partial charge in [0.15, 0.2) is 0 Å². The molecule has 2 aliphatic rings. The van der Waals surface area contributed by atoms with Crippen molar-refractivity contribution in [1.82, 2.24) is 15.6 Å². The van der Waals surface area contributed by atoms with Crippen molar-refractivity contribution in [2.45, 2.75) is 44.4 Å². The van der Waals surface area contributed by atoms with Crippen molar-refractivity contribution in [3.05, 3.63) is 29.6 Å². The molecule has 7 heteroatoms. The maximum atomic E-state index is 12.6. The third-order valence-electron chi connectivity index (χ3n) is 4.62. The summed E-state index contributed by atoms with van der Waals surface area (Å²) < 4.78 is 37.7. The van der Waals surface area contributed by atoms with E-state index in [1.807, 2.05) is 0 Å². The lowest BCUT2D eigenvalue weighted by molar-refractivity contribution is -0.141. The third kappa shape index (κ3) is 3.34. The Hall–Kier alpha value is -1.79. The summed E-state index contributed by atoms with van der Waals surface area (Å²) in [6.45, 7) is 0.0538. The molecule has 2 bridgehead atoms. The van der Waals surface area contributed by atoms with Crippen molar-refractivity contribution in [2.24, 2.45) is 11.8 Å². The molecular formula is C15H18F3N3O. The molecule has 1 unspecified atom stereocenters. The molecule has 0 radical (unpaired) electrons. The summed E-state index contributed by atoms with van der Waals surface area (Å²) in [5, 5.41) is 5.56. The van der Waals surface area contributed by atoms with Crippen LogP contribution in [0.4, 0.5) is 18.0 Å². The smallest absolute Gasteiger partial charge is 0.335 e. The Balaban J connectivity index is 1.51. The van der Waals surface area contributed by atoms with E-state index in [1.165, 1.54) is 18.9 Å². The van der Waals surface area contributed by atoms with Crippen molar-refractivity contribution in [1.29, 1.82) is 0 Å². The first-order chi connectivity index (χ1) is 10.4. The first kappa shape index (κ1) is 15.1. The topological polar surface area (TPSA) is 54.0 Å². The minimum Gasteiger partial charge on any atom is -0.335 e. The molecule has 0 aliphatic heterocycles. The SMILES string of the molecule is O=C(NCc1ccnc(C(F)(F)F)c1)N[C@H]1C[C@@H]2CCC1C2. The van der Waals surface area contributed by atoms with E-state index in [4.69, 9.17) is 0 Å². The van der Waals surface area contributed by atoms with Crippen LogP contribution in [0.25, 0.3) is 0 Å². The molecule has 22 heavy (non-hydrogen) atoms. The molecule has 2 aliphatic carbocycles. The highest BCUT2D eigenvalue weighted by Gasteiger charge is 2.40. The second kappa shape index (κ2) is 5.78. The fourth-order valence-electron chi connectivity index (χ4n) is 3.56. The predicted molar refractivity (Wildman–Crippen MR) is 73.8 cm³/mol. The first-order valence-corrected chi connectivity index (χ1v) is 7.48. The molecule has 1 heterocycles. The van der Waals surface area contributed by atoms with Gasteiger partial charge in [0.25, 0.3) is 0 Å². The average Bonchev–Trinajstić information content (AvgIpc) is 3.07. The Labute approximate surface area is 126 Å². The molecule has 0 spiro atoms. The summed E-state index contributed by atoms with van der Waals surface area (Å²) in [5.41, 5.74) is -0.564. The lowest BCUT2D eigenvalue weighted by atomic mass is 9.95. The second-order valence-electron chi connectivity index (χ2n) is 6.16. The molecule has 2 N–H and O–H groups in total. The van der Waals surface area contributed by atoms with Crippen LogP contribution in [0.3, 0.4) is 0 Å². The lowest BCUT2D eigenvalue weighted by Crippen LogP contribution is -2.44. The van der Waals surface area contributed by atoms with Crippen LogP contribution in [0.5, 0.6) is 0 Å². The van der Waals surface area contributed by atoms with Crippen LogP contribution >= 0.6 is 0 Å². The van der Waals surface area contributed by atoms with Crippen LogP contribution in [0, 0.1) is 11.8 Å². The summed E-state index contributed by atoms with van der Waals surface area (Å²) in [5.74, 6) is 1.29. The Bertz CT molecular complexity index is 561. The normalized spacial score (nSPS) is 27.0. The average molecular weight is 313 g/mol. The van der Waals surface area contributed by atoms with E-state index in [1.54, 1.807) is 0 Å². The molecule has 0 aromatic carbocycles. The molecule has 1 aromatic heterocycles. The van der Waals surface area contributed by atoms with E-state index in [2.05, 4.69) is 15.6 Å². The van der Waals surface area contributed by atoms with Gasteiger partial charge in [0.1, 0.15) is 5.69 Å². The number of pyridine rings is 1. The quantitative estimate of drug-likeness (QED) is 0.901. The minimum atomic E-state index is -4.47. The Morgan fingerprint density at radius 3 is 2.77 bits per heavy atom. The van der Waals surface area contributed by atoms with Crippen LogP contribution in [0.1, 0.15) is 36.9 Å². The predicted octanol–water partition coefficient (Wildman–Crippen LogP) is 3.09. The summed E-state index contributed by atoms with van der Waals surface area (Å²) in [4.78, 5) is 15.2. The van der Waals surface area contributed by atoms with Crippen molar-refractivity contribution in [3.63, 3.8) is 0 Å². The number of nitrogens with zero attached hydrogens (tertiary/aromatic N) is 1. The van der Waals surface area contributed by atoms with E-state index in [9.17, 15) is 18.0 Å². The zero-order valence-electron chi connectivity index (χ0n) is 12.0. The van der Waals surface area contributed by atoms with Gasteiger partial charge in [-0.05, 0) is 48.8 Å². The number of aromatic nitrogens is 1. The van der Waals surface area contributed by atoms with Gasteiger partial charge < -0.3 is 10.6 Å². The fraction of sp³-hybridized carbons (Fsp3) is 0.600. The van der Waals surface area contributed by atoms with Crippen molar-refractivity contribution >= 4 is 6.03 Å². The second-order valence-corrected chi connectivity index (χ2v) is 6.16. The highest BCUT2D eigenvalue weighted by atomic mass is 19.4. The molecule has 1 aromatic rings. The maximum absolute atomic E-state index is 12.6. The Morgan fingerprint density at radius 1 is 1.32 bits per heavy atom. The number of urea groups is 1. The molecule has 0 saturated heterocycles. The fourth-order valence-corrected chi connectivity index (χ4v) is 3.56. The number of alkyl halides is 3. The van der Waals surface area contributed by atoms with Gasteiger partial charge in [-0.1, -0.05) is 6.42 Å². The number of amides is 2. The summed E-state index contributed by atoms with van der Waals surface area (Å²) in [6.07, 6.45) is 1.25. The van der Waals surface area contributed by atoms with Gasteiger partial charge in [0, 0.05) is 18.8 Å². The molecule has 3 rings (SSSR count). The summed E-state index contributed by atoms with van der Waals surface area (Å²) in [7, 11) is 0. The number of fused-ring (bicyclic) bond motifs is 2. The van der Waals surface area contributed by atoms with Crippen LogP contribution < -0.4 is 10.6 Å². The Morgan fingerprint density at radius 2 is 2.14 bits per heavy atom. The van der Waals surface area contributed by atoms with E-state index < -0.39 is 11.9 Å². The van der Waals surface area contributed by atoms with Crippen molar-refractivity contribution in [2.75, 3.05) is 0 Å². The number of carbonyl (C=O) groups is 1. The number of hydrogen-bond donors (Lipinski definition) is 2. The molecule has 2 saturated carbocycles. The standard InChI is InChI=1S/C15H18F3N3O/c16-15(17,18)13-7-10(3-4-19-13)8-20-14(22)21-12-6-9-1-2-11(12)5-9/h3-4,7,9,11-12H,1-2,5-6,8H2,(H2,20,21,22)/t9-,11?,12+/m1/s1. The number of hydrogen-bond acceptors (Lipinski definition) is 2. The molecule has 2 amide bonds. The van der Waals surface area contributed by atoms with Crippen molar-refractivity contribution < 1.29 is 18.0 Å². The van der Waals surface area contributed by atoms with Crippen molar-refractivity contribution in [3.8, 4) is 0 Å². The van der Waals surface area contributed by atoms with Gasteiger partial charge in [-0.25, -0.2) is 4.79 Å². The zero-order valence-corrected chi connectivity index (χ0v) is 12.0. The van der Waals surface area contributed by atoms with E-state index in [0.29, 0.717) is 11.5 Å². The van der Waals surface area contributed by atoms with Gasteiger partial charge in [-0.2, -0.15) is 13.2 Å². The number of nitrogens with one attached hydrogen (secondary N) is 2. The highest BCUT2D eigenvalue weighted by molar-refractivity contribution is 5.74. The largest absolute Gasteiger partial charge is 0.433 e. The molecule has 2 fully saturated rings. The lowest BCUT2D eigenvalue weighted by Gasteiger charge is -2.23. The summed E-state index contributed by atoms with van der Waals surface area (Å²) in [6, 6.07) is 2.31. The number of carbonyl (C=O) groups excluding carboxylic acids is 1. The monoisotopic (exact) mass is 313 g/mol. The van der Waals surface area contributed by atoms with Crippen LogP contribution in [-0.4, -0.2) is 17.1 Å². The number of halogens is 3. The Kier molecular flexibility index (Phi) is 3.97. The highest BCUT2D eigenvalue weighted by Crippen LogP contribution is 2.44. The van der Waals surface area contributed by atoms with Crippen LogP contribution in [0.2, 0.25) is 0 Å². The van der Waals surface area contributed by atoms with Gasteiger partial charge in [0.2, 0.25) is 0 Å². The van der Waals surface area contributed by atoms with Gasteiger partial charge in [-0.3, -0.25) is 4.98 Å². The van der Waals surface area contributed by atoms with Gasteiger partial charge in [0.05, 0.1) is 0 Å². The van der Waals surface area contributed by atoms with E-state index in [0.717, 1.165) is 31.0 Å². The molecular weight excluding hydrogens is 295 g/mol. The van der Waals surface area contributed by atoms with Gasteiger partial charge in [-0.15, -0.1) is 0 Å². The van der Waals surface area contributed by atoms with E-state index in [-0.39, 0.29) is 18.6 Å². The van der Waals surface area contributed by atoms with Gasteiger partial charge >= 0.3 is 12.2 Å². The van der Waals surface area contributed by atoms with Crippen LogP contribution in [-0.2, 0) is 12.7 Å². The third-order valence-corrected chi connectivity index (χ3v) is 4.62. The molecule has 4 nitrogen and oxygen atoms in total. The molecule has 3 atom stereocenters. The first-order valence-electron chi connectivity index (χ1n) is 7.48.